The van der Waals surface area contributed by atoms with Crippen LogP contribution in [0.4, 0.5) is 5.69 Å². The maximum Gasteiger partial charge on any atom is 0.259 e. The third-order valence-electron chi connectivity index (χ3n) is 4.56. The smallest absolute Gasteiger partial charge is 0.259 e. The van der Waals surface area contributed by atoms with Gasteiger partial charge in [0.15, 0.2) is 5.82 Å². The minimum atomic E-state index is -0.176. The second-order valence-electron chi connectivity index (χ2n) is 6.59. The van der Waals surface area contributed by atoms with Crippen molar-refractivity contribution >= 4 is 23.4 Å². The van der Waals surface area contributed by atoms with E-state index in [9.17, 15) is 4.79 Å². The molecule has 0 radical (unpaired) electrons. The lowest BCUT2D eigenvalue weighted by molar-refractivity contribution is 0.102. The number of nitrogens with zero attached hydrogens (tertiary/aromatic N) is 4. The Morgan fingerprint density at radius 3 is 2.60 bits per heavy atom. The van der Waals surface area contributed by atoms with Crippen LogP contribution in [0.1, 0.15) is 28.5 Å². The lowest BCUT2D eigenvalue weighted by Gasteiger charge is -2.08. The van der Waals surface area contributed by atoms with Gasteiger partial charge in [0, 0.05) is 34.9 Å². The van der Waals surface area contributed by atoms with Gasteiger partial charge >= 0.3 is 0 Å². The summed E-state index contributed by atoms with van der Waals surface area (Å²) in [7, 11) is 0. The maximum atomic E-state index is 12.8. The first-order chi connectivity index (χ1) is 14.7. The predicted octanol–water partition coefficient (Wildman–Crippen LogP) is 4.77. The zero-order valence-electron chi connectivity index (χ0n) is 16.5. The molecule has 0 saturated heterocycles. The number of carbonyl (C=O) groups is 1. The number of anilines is 1. The van der Waals surface area contributed by atoms with Crippen LogP contribution in [-0.4, -0.2) is 25.7 Å². The third kappa shape index (κ3) is 4.58. The van der Waals surface area contributed by atoms with Gasteiger partial charge in [0.25, 0.3) is 5.91 Å². The maximum absolute atomic E-state index is 12.8. The Bertz CT molecular complexity index is 1110. The summed E-state index contributed by atoms with van der Waals surface area (Å²) in [5.74, 6) is 1.37. The number of pyridine rings is 2. The van der Waals surface area contributed by atoms with Crippen LogP contribution < -0.4 is 5.32 Å². The molecule has 0 atom stereocenters. The van der Waals surface area contributed by atoms with Gasteiger partial charge < -0.3 is 5.32 Å². The molecule has 7 heteroatoms. The van der Waals surface area contributed by atoms with Crippen molar-refractivity contribution in [1.82, 2.24) is 19.7 Å². The molecule has 0 aliphatic rings. The van der Waals surface area contributed by atoms with Gasteiger partial charge in [-0.15, -0.1) is 11.8 Å². The molecule has 30 heavy (non-hydrogen) atoms. The average Bonchev–Trinajstić information content (AvgIpc) is 3.24. The monoisotopic (exact) mass is 415 g/mol. The number of hydrogen-bond acceptors (Lipinski definition) is 5. The second kappa shape index (κ2) is 9.37. The summed E-state index contributed by atoms with van der Waals surface area (Å²) in [5, 5.41) is 7.34. The molecule has 0 unspecified atom stereocenters. The zero-order chi connectivity index (χ0) is 20.8. The van der Waals surface area contributed by atoms with Crippen molar-refractivity contribution in [3.8, 4) is 5.82 Å². The number of carbonyl (C=O) groups excluding carboxylic acids is 1. The van der Waals surface area contributed by atoms with Crippen molar-refractivity contribution < 1.29 is 4.79 Å². The normalized spacial score (nSPS) is 10.7. The van der Waals surface area contributed by atoms with Crippen molar-refractivity contribution in [2.75, 3.05) is 5.32 Å². The first-order valence-corrected chi connectivity index (χ1v) is 10.6. The van der Waals surface area contributed by atoms with Crippen molar-refractivity contribution in [3.05, 3.63) is 96.2 Å². The molecule has 1 N–H and O–H groups in total. The Balaban J connectivity index is 1.43. The molecule has 0 spiro atoms. The number of hydrogen-bond donors (Lipinski definition) is 1. The van der Waals surface area contributed by atoms with E-state index in [0.717, 1.165) is 22.0 Å². The van der Waals surface area contributed by atoms with E-state index in [2.05, 4.69) is 26.4 Å². The Hall–Kier alpha value is -3.45. The molecule has 0 fully saturated rings. The quantitative estimate of drug-likeness (QED) is 0.440. The Morgan fingerprint density at radius 1 is 1.03 bits per heavy atom. The highest BCUT2D eigenvalue weighted by molar-refractivity contribution is 7.98. The Morgan fingerprint density at radius 2 is 1.90 bits per heavy atom. The SMILES string of the molecule is CCc1c(C(=O)Nc2ccc(SCc3cccnc3)cc2)cnn1-c1ccccn1. The van der Waals surface area contributed by atoms with E-state index in [-0.39, 0.29) is 5.91 Å². The minimum Gasteiger partial charge on any atom is -0.322 e. The zero-order valence-corrected chi connectivity index (χ0v) is 17.3. The largest absolute Gasteiger partial charge is 0.322 e. The summed E-state index contributed by atoms with van der Waals surface area (Å²) in [5.41, 5.74) is 3.31. The minimum absolute atomic E-state index is 0.176. The van der Waals surface area contributed by atoms with Crippen LogP contribution in [0.15, 0.2) is 84.3 Å². The summed E-state index contributed by atoms with van der Waals surface area (Å²) in [6.45, 7) is 2.00. The molecule has 4 rings (SSSR count). The van der Waals surface area contributed by atoms with Crippen LogP contribution in [0, 0.1) is 0 Å². The fourth-order valence-electron chi connectivity index (χ4n) is 3.06. The summed E-state index contributed by atoms with van der Waals surface area (Å²) < 4.78 is 1.72. The molecular formula is C23H21N5OS. The number of thioether (sulfide) groups is 1. The first-order valence-electron chi connectivity index (χ1n) is 9.66. The summed E-state index contributed by atoms with van der Waals surface area (Å²) >= 11 is 1.73. The van der Waals surface area contributed by atoms with Crippen molar-refractivity contribution in [2.45, 2.75) is 24.0 Å². The van der Waals surface area contributed by atoms with Crippen LogP contribution in [0.3, 0.4) is 0 Å². The summed E-state index contributed by atoms with van der Waals surface area (Å²) in [6, 6.07) is 17.5. The van der Waals surface area contributed by atoms with Crippen LogP contribution in [-0.2, 0) is 12.2 Å². The van der Waals surface area contributed by atoms with Gasteiger partial charge in [-0.1, -0.05) is 19.1 Å². The van der Waals surface area contributed by atoms with Gasteiger partial charge in [0.05, 0.1) is 17.5 Å². The molecular weight excluding hydrogens is 394 g/mol. The number of benzene rings is 1. The number of amides is 1. The van der Waals surface area contributed by atoms with E-state index in [0.29, 0.717) is 17.8 Å². The van der Waals surface area contributed by atoms with Gasteiger partial charge in [-0.25, -0.2) is 9.67 Å². The standard InChI is InChI=1S/C23H21N5OS/c1-2-21-20(15-26-28(21)22-7-3-4-13-25-22)23(29)27-18-8-10-19(11-9-18)30-16-17-6-5-12-24-14-17/h3-15H,2,16H2,1H3,(H,27,29). The van der Waals surface area contributed by atoms with Crippen LogP contribution >= 0.6 is 11.8 Å². The summed E-state index contributed by atoms with van der Waals surface area (Å²) in [4.78, 5) is 22.4. The molecule has 3 aromatic heterocycles. The van der Waals surface area contributed by atoms with Gasteiger partial charge in [-0.05, 0) is 54.4 Å². The fraction of sp³-hybridized carbons (Fsp3) is 0.130. The van der Waals surface area contributed by atoms with Crippen molar-refractivity contribution in [3.63, 3.8) is 0 Å². The van der Waals surface area contributed by atoms with E-state index in [4.69, 9.17) is 0 Å². The van der Waals surface area contributed by atoms with Crippen molar-refractivity contribution in [1.29, 1.82) is 0 Å². The van der Waals surface area contributed by atoms with E-state index < -0.39 is 0 Å². The average molecular weight is 416 g/mol. The van der Waals surface area contributed by atoms with Crippen LogP contribution in [0.5, 0.6) is 0 Å². The third-order valence-corrected chi connectivity index (χ3v) is 5.64. The Kier molecular flexibility index (Phi) is 6.20. The fourth-order valence-corrected chi connectivity index (χ4v) is 3.90. The van der Waals surface area contributed by atoms with Gasteiger partial charge in [0.2, 0.25) is 0 Å². The Labute approximate surface area is 179 Å². The molecule has 6 nitrogen and oxygen atoms in total. The van der Waals surface area contributed by atoms with E-state index >= 15 is 0 Å². The second-order valence-corrected chi connectivity index (χ2v) is 7.64. The predicted molar refractivity (Wildman–Crippen MR) is 119 cm³/mol. The molecule has 1 amide bonds. The van der Waals surface area contributed by atoms with Gasteiger partial charge in [-0.2, -0.15) is 5.10 Å². The van der Waals surface area contributed by atoms with E-state index in [1.807, 2.05) is 61.7 Å². The van der Waals surface area contributed by atoms with Crippen molar-refractivity contribution in [2.24, 2.45) is 0 Å². The van der Waals surface area contributed by atoms with Crippen LogP contribution in [0.25, 0.3) is 5.82 Å². The molecule has 150 valence electrons. The highest BCUT2D eigenvalue weighted by Crippen LogP contribution is 2.24. The van der Waals surface area contributed by atoms with Gasteiger partial charge in [0.1, 0.15) is 0 Å². The molecule has 0 aliphatic carbocycles. The first kappa shape index (κ1) is 19.8. The molecule has 0 bridgehead atoms. The highest BCUT2D eigenvalue weighted by atomic mass is 32.2. The van der Waals surface area contributed by atoms with E-state index in [1.54, 1.807) is 35.0 Å². The topological polar surface area (TPSA) is 72.7 Å². The molecule has 0 saturated carbocycles. The lowest BCUT2D eigenvalue weighted by atomic mass is 10.2. The number of aromatic nitrogens is 4. The lowest BCUT2D eigenvalue weighted by Crippen LogP contribution is -2.14. The molecule has 3 heterocycles. The van der Waals surface area contributed by atoms with E-state index in [1.165, 1.54) is 5.56 Å². The number of rotatable bonds is 7. The molecule has 1 aromatic carbocycles. The highest BCUT2D eigenvalue weighted by Gasteiger charge is 2.17. The molecule has 0 aliphatic heterocycles. The van der Waals surface area contributed by atoms with Gasteiger partial charge in [-0.3, -0.25) is 9.78 Å². The van der Waals surface area contributed by atoms with Crippen LogP contribution in [0.2, 0.25) is 0 Å². The summed E-state index contributed by atoms with van der Waals surface area (Å²) in [6.07, 6.45) is 7.63. The number of nitrogens with one attached hydrogen (secondary N) is 1. The molecule has 4 aromatic rings.